The van der Waals surface area contributed by atoms with Gasteiger partial charge in [-0.3, -0.25) is 4.57 Å². The Morgan fingerprint density at radius 2 is 1.71 bits per heavy atom. The van der Waals surface area contributed by atoms with Crippen molar-refractivity contribution in [2.45, 2.75) is 19.8 Å². The molecule has 0 radical (unpaired) electrons. The molecule has 2 rings (SSSR count). The van der Waals surface area contributed by atoms with Crippen LogP contribution < -0.4 is 0 Å². The van der Waals surface area contributed by atoms with Crippen LogP contribution >= 0.6 is 11.6 Å². The van der Waals surface area contributed by atoms with E-state index in [4.69, 9.17) is 11.6 Å². The summed E-state index contributed by atoms with van der Waals surface area (Å²) in [6.07, 6.45) is 0. The summed E-state index contributed by atoms with van der Waals surface area (Å²) in [5, 5.41) is 7.68. The fraction of sp³-hybridized carbons (Fsp3) is 0.273. The molecule has 0 bridgehead atoms. The van der Waals surface area contributed by atoms with Gasteiger partial charge in [0.25, 0.3) is 0 Å². The SMILES string of the molecule is CC(C)c1nnc(Cl)n1-c1cc(F)cc(F)c1. The number of halogens is 3. The molecule has 17 heavy (non-hydrogen) atoms. The van der Waals surface area contributed by atoms with Gasteiger partial charge in [0.05, 0.1) is 5.69 Å². The fourth-order valence-electron chi connectivity index (χ4n) is 1.56. The van der Waals surface area contributed by atoms with Crippen LogP contribution in [0.15, 0.2) is 18.2 Å². The molecular weight excluding hydrogens is 248 g/mol. The first-order valence-corrected chi connectivity index (χ1v) is 5.44. The lowest BCUT2D eigenvalue weighted by atomic mass is 10.2. The molecule has 2 aromatic rings. The molecule has 0 aliphatic heterocycles. The number of hydrogen-bond donors (Lipinski definition) is 0. The van der Waals surface area contributed by atoms with Crippen molar-refractivity contribution >= 4 is 11.6 Å². The second-order valence-corrected chi connectivity index (χ2v) is 4.28. The first kappa shape index (κ1) is 12.0. The second-order valence-electron chi connectivity index (χ2n) is 3.94. The maximum atomic E-state index is 13.1. The smallest absolute Gasteiger partial charge is 0.229 e. The van der Waals surface area contributed by atoms with Crippen LogP contribution in [0.25, 0.3) is 5.69 Å². The van der Waals surface area contributed by atoms with Crippen LogP contribution in [-0.4, -0.2) is 14.8 Å². The average molecular weight is 258 g/mol. The van der Waals surface area contributed by atoms with Crippen LogP contribution in [0.4, 0.5) is 8.78 Å². The molecule has 1 aromatic heterocycles. The minimum absolute atomic E-state index is 0.0429. The number of aromatic nitrogens is 3. The molecule has 0 fully saturated rings. The van der Waals surface area contributed by atoms with Crippen LogP contribution in [0.1, 0.15) is 25.6 Å². The van der Waals surface area contributed by atoms with Gasteiger partial charge in [-0.2, -0.15) is 0 Å². The van der Waals surface area contributed by atoms with E-state index >= 15 is 0 Å². The van der Waals surface area contributed by atoms with Crippen LogP contribution in [0.5, 0.6) is 0 Å². The maximum absolute atomic E-state index is 13.1. The van der Waals surface area contributed by atoms with Gasteiger partial charge in [-0.1, -0.05) is 13.8 Å². The van der Waals surface area contributed by atoms with E-state index in [0.29, 0.717) is 5.82 Å². The Morgan fingerprint density at radius 3 is 2.24 bits per heavy atom. The van der Waals surface area contributed by atoms with E-state index in [1.165, 1.54) is 16.7 Å². The maximum Gasteiger partial charge on any atom is 0.229 e. The third-order valence-electron chi connectivity index (χ3n) is 2.27. The van der Waals surface area contributed by atoms with E-state index in [1.54, 1.807) is 0 Å². The highest BCUT2D eigenvalue weighted by Crippen LogP contribution is 2.23. The van der Waals surface area contributed by atoms with E-state index in [9.17, 15) is 8.78 Å². The predicted octanol–water partition coefficient (Wildman–Crippen LogP) is 3.32. The lowest BCUT2D eigenvalue weighted by Gasteiger charge is -2.10. The minimum atomic E-state index is -0.667. The molecule has 0 N–H and O–H groups in total. The van der Waals surface area contributed by atoms with E-state index in [2.05, 4.69) is 10.2 Å². The normalized spacial score (nSPS) is 11.2. The molecule has 1 heterocycles. The van der Waals surface area contributed by atoms with Gasteiger partial charge in [-0.15, -0.1) is 10.2 Å². The molecular formula is C11H10ClF2N3. The summed E-state index contributed by atoms with van der Waals surface area (Å²) in [6.45, 7) is 3.79. The second kappa shape index (κ2) is 4.41. The Bertz CT molecular complexity index is 531. The van der Waals surface area contributed by atoms with Crippen molar-refractivity contribution in [3.8, 4) is 5.69 Å². The Kier molecular flexibility index (Phi) is 3.11. The van der Waals surface area contributed by atoms with Crippen molar-refractivity contribution in [3.05, 3.63) is 40.9 Å². The Balaban J connectivity index is 2.63. The van der Waals surface area contributed by atoms with E-state index < -0.39 is 11.6 Å². The van der Waals surface area contributed by atoms with Crippen molar-refractivity contribution in [2.24, 2.45) is 0 Å². The van der Waals surface area contributed by atoms with Gasteiger partial charge < -0.3 is 0 Å². The first-order chi connectivity index (χ1) is 7.99. The number of rotatable bonds is 2. The Labute approximate surface area is 102 Å². The highest BCUT2D eigenvalue weighted by Gasteiger charge is 2.16. The Hall–Kier alpha value is -1.49. The molecule has 0 aliphatic carbocycles. The summed E-state index contributed by atoms with van der Waals surface area (Å²) in [7, 11) is 0. The lowest BCUT2D eigenvalue weighted by molar-refractivity contribution is 0.580. The van der Waals surface area contributed by atoms with Crippen molar-refractivity contribution in [1.29, 1.82) is 0 Å². The highest BCUT2D eigenvalue weighted by molar-refractivity contribution is 6.28. The fourth-order valence-corrected chi connectivity index (χ4v) is 1.78. The topological polar surface area (TPSA) is 30.7 Å². The predicted molar refractivity (Wildman–Crippen MR) is 60.4 cm³/mol. The van der Waals surface area contributed by atoms with Crippen molar-refractivity contribution in [3.63, 3.8) is 0 Å². The summed E-state index contributed by atoms with van der Waals surface area (Å²) in [6, 6.07) is 3.17. The number of hydrogen-bond acceptors (Lipinski definition) is 2. The number of nitrogens with zero attached hydrogens (tertiary/aromatic N) is 3. The first-order valence-electron chi connectivity index (χ1n) is 5.06. The number of benzene rings is 1. The van der Waals surface area contributed by atoms with E-state index in [-0.39, 0.29) is 16.9 Å². The molecule has 0 saturated carbocycles. The van der Waals surface area contributed by atoms with Gasteiger partial charge in [-0.05, 0) is 23.7 Å². The summed E-state index contributed by atoms with van der Waals surface area (Å²) < 4.78 is 27.7. The summed E-state index contributed by atoms with van der Waals surface area (Å²) in [5.74, 6) is -0.736. The monoisotopic (exact) mass is 257 g/mol. The van der Waals surface area contributed by atoms with Crippen LogP contribution in [0, 0.1) is 11.6 Å². The molecule has 0 saturated heterocycles. The molecule has 0 spiro atoms. The summed E-state index contributed by atoms with van der Waals surface area (Å²) in [4.78, 5) is 0. The molecule has 0 amide bonds. The van der Waals surface area contributed by atoms with Gasteiger partial charge in [0, 0.05) is 12.0 Å². The third-order valence-corrected chi connectivity index (χ3v) is 2.52. The van der Waals surface area contributed by atoms with Gasteiger partial charge in [0.1, 0.15) is 17.5 Å². The Morgan fingerprint density at radius 1 is 1.12 bits per heavy atom. The van der Waals surface area contributed by atoms with Gasteiger partial charge in [0.2, 0.25) is 5.28 Å². The molecule has 0 aliphatic rings. The summed E-state index contributed by atoms with van der Waals surface area (Å²) >= 11 is 5.87. The third kappa shape index (κ3) is 2.29. The van der Waals surface area contributed by atoms with E-state index in [1.807, 2.05) is 13.8 Å². The minimum Gasteiger partial charge on any atom is -0.269 e. The van der Waals surface area contributed by atoms with Crippen molar-refractivity contribution < 1.29 is 8.78 Å². The largest absolute Gasteiger partial charge is 0.269 e. The van der Waals surface area contributed by atoms with Crippen LogP contribution in [-0.2, 0) is 0 Å². The summed E-state index contributed by atoms with van der Waals surface area (Å²) in [5.41, 5.74) is 0.279. The average Bonchev–Trinajstić information content (AvgIpc) is 2.58. The van der Waals surface area contributed by atoms with Gasteiger partial charge >= 0.3 is 0 Å². The molecule has 3 nitrogen and oxygen atoms in total. The van der Waals surface area contributed by atoms with Crippen LogP contribution in [0.3, 0.4) is 0 Å². The zero-order chi connectivity index (χ0) is 12.6. The molecule has 90 valence electrons. The van der Waals surface area contributed by atoms with Crippen LogP contribution in [0.2, 0.25) is 5.28 Å². The molecule has 1 aromatic carbocycles. The lowest BCUT2D eigenvalue weighted by Crippen LogP contribution is -2.04. The van der Waals surface area contributed by atoms with Crippen molar-refractivity contribution in [1.82, 2.24) is 14.8 Å². The standard InChI is InChI=1S/C11H10ClF2N3/c1-6(2)10-15-16-11(12)17(10)9-4-7(13)3-8(14)5-9/h3-6H,1-2H3. The van der Waals surface area contributed by atoms with E-state index in [0.717, 1.165) is 6.07 Å². The zero-order valence-electron chi connectivity index (χ0n) is 9.28. The molecule has 6 heteroatoms. The van der Waals surface area contributed by atoms with Crippen molar-refractivity contribution in [2.75, 3.05) is 0 Å². The van der Waals surface area contributed by atoms with Gasteiger partial charge in [-0.25, -0.2) is 8.78 Å². The highest BCUT2D eigenvalue weighted by atomic mass is 35.5. The quantitative estimate of drug-likeness (QED) is 0.826. The molecule has 0 unspecified atom stereocenters. The molecule has 0 atom stereocenters. The van der Waals surface area contributed by atoms with Gasteiger partial charge in [0.15, 0.2) is 0 Å². The zero-order valence-corrected chi connectivity index (χ0v) is 10.0.